The van der Waals surface area contributed by atoms with Crippen molar-refractivity contribution in [3.63, 3.8) is 0 Å². The van der Waals surface area contributed by atoms with Gasteiger partial charge in [0, 0.05) is 23.5 Å². The summed E-state index contributed by atoms with van der Waals surface area (Å²) < 4.78 is 3.72. The predicted molar refractivity (Wildman–Crippen MR) is 107 cm³/mol. The summed E-state index contributed by atoms with van der Waals surface area (Å²) >= 11 is 7.71. The van der Waals surface area contributed by atoms with Crippen molar-refractivity contribution >= 4 is 33.9 Å². The van der Waals surface area contributed by atoms with E-state index in [1.54, 1.807) is 0 Å². The van der Waals surface area contributed by atoms with Gasteiger partial charge < -0.3 is 5.32 Å². The van der Waals surface area contributed by atoms with Crippen LogP contribution >= 0.6 is 22.9 Å². The molecule has 0 spiro atoms. The van der Waals surface area contributed by atoms with Crippen molar-refractivity contribution in [1.82, 2.24) is 29.8 Å². The molecule has 3 heterocycles. The molecule has 138 valence electrons. The largest absolute Gasteiger partial charge is 0.313 e. The maximum absolute atomic E-state index is 6.21. The van der Waals surface area contributed by atoms with Crippen molar-refractivity contribution in [2.24, 2.45) is 0 Å². The lowest BCUT2D eigenvalue weighted by atomic mass is 10.2. The smallest absolute Gasteiger partial charge is 0.211 e. The van der Waals surface area contributed by atoms with E-state index in [9.17, 15) is 0 Å². The van der Waals surface area contributed by atoms with Crippen molar-refractivity contribution < 1.29 is 0 Å². The van der Waals surface area contributed by atoms with Crippen LogP contribution < -0.4 is 5.32 Å². The van der Waals surface area contributed by atoms with Crippen molar-refractivity contribution in [3.8, 4) is 0 Å². The molecule has 0 aliphatic carbocycles. The van der Waals surface area contributed by atoms with E-state index in [0.717, 1.165) is 21.3 Å². The fourth-order valence-electron chi connectivity index (χ4n) is 2.64. The zero-order valence-corrected chi connectivity index (χ0v) is 16.4. The van der Waals surface area contributed by atoms with Crippen LogP contribution in [0.5, 0.6) is 0 Å². The summed E-state index contributed by atoms with van der Waals surface area (Å²) in [5.74, 6) is 0.715. The number of hydrogen-bond donors (Lipinski definition) is 1. The normalized spacial score (nSPS) is 12.3. The lowest BCUT2D eigenvalue weighted by Crippen LogP contribution is -2.07. The Kier molecular flexibility index (Phi) is 4.91. The molecule has 3 aromatic heterocycles. The Hall–Kier alpha value is -2.71. The molecule has 0 radical (unpaired) electrons. The van der Waals surface area contributed by atoms with Crippen LogP contribution in [-0.2, 0) is 6.54 Å². The number of benzene rings is 1. The fourth-order valence-corrected chi connectivity index (χ4v) is 3.63. The third-order valence-electron chi connectivity index (χ3n) is 4.10. The molecule has 0 saturated heterocycles. The van der Waals surface area contributed by atoms with Crippen molar-refractivity contribution in [3.05, 3.63) is 70.1 Å². The molecule has 27 heavy (non-hydrogen) atoms. The van der Waals surface area contributed by atoms with Gasteiger partial charge in [0.2, 0.25) is 5.13 Å². The molecule has 0 aliphatic heterocycles. The van der Waals surface area contributed by atoms with Crippen LogP contribution in [-0.4, -0.2) is 29.8 Å². The Morgan fingerprint density at radius 1 is 1.11 bits per heavy atom. The average Bonchev–Trinajstić information content (AvgIpc) is 3.39. The molecular formula is C18H18ClN7S. The van der Waals surface area contributed by atoms with Gasteiger partial charge in [0.05, 0.1) is 12.2 Å². The summed E-state index contributed by atoms with van der Waals surface area (Å²) in [6.45, 7) is 4.63. The van der Waals surface area contributed by atoms with E-state index in [4.69, 9.17) is 11.6 Å². The highest BCUT2D eigenvalue weighted by Crippen LogP contribution is 2.26. The molecular weight excluding hydrogens is 382 g/mol. The second-order valence-electron chi connectivity index (χ2n) is 6.17. The number of aryl methyl sites for hydroxylation is 1. The first kappa shape index (κ1) is 17.7. The number of halogens is 1. The summed E-state index contributed by atoms with van der Waals surface area (Å²) in [6.07, 6.45) is 3.85. The third-order valence-corrected chi connectivity index (χ3v) is 5.48. The Balaban J connectivity index is 1.44. The van der Waals surface area contributed by atoms with Crippen LogP contribution in [0.25, 0.3) is 0 Å². The molecule has 0 saturated carbocycles. The third kappa shape index (κ3) is 4.01. The van der Waals surface area contributed by atoms with E-state index in [-0.39, 0.29) is 6.04 Å². The van der Waals surface area contributed by atoms with E-state index in [2.05, 4.69) is 32.6 Å². The summed E-state index contributed by atoms with van der Waals surface area (Å²) in [4.78, 5) is 0. The molecule has 0 fully saturated rings. The summed E-state index contributed by atoms with van der Waals surface area (Å²) in [5, 5.41) is 23.0. The van der Waals surface area contributed by atoms with Gasteiger partial charge in [0.1, 0.15) is 11.0 Å². The number of anilines is 2. The molecule has 7 nitrogen and oxygen atoms in total. The second-order valence-corrected chi connectivity index (χ2v) is 7.59. The van der Waals surface area contributed by atoms with Gasteiger partial charge in [-0.1, -0.05) is 41.1 Å². The molecule has 0 unspecified atom stereocenters. The summed E-state index contributed by atoms with van der Waals surface area (Å²) in [6, 6.07) is 11.7. The number of nitrogens with zero attached hydrogens (tertiary/aromatic N) is 6. The van der Waals surface area contributed by atoms with E-state index in [1.807, 2.05) is 65.1 Å². The first-order chi connectivity index (χ1) is 13.1. The Morgan fingerprint density at radius 3 is 2.74 bits per heavy atom. The Bertz CT molecular complexity index is 1050. The van der Waals surface area contributed by atoms with Crippen molar-refractivity contribution in [2.75, 3.05) is 5.32 Å². The van der Waals surface area contributed by atoms with Gasteiger partial charge in [0.25, 0.3) is 0 Å². The first-order valence-electron chi connectivity index (χ1n) is 8.47. The maximum Gasteiger partial charge on any atom is 0.211 e. The van der Waals surface area contributed by atoms with E-state index < -0.39 is 0 Å². The van der Waals surface area contributed by atoms with Crippen molar-refractivity contribution in [2.45, 2.75) is 26.4 Å². The maximum atomic E-state index is 6.21. The lowest BCUT2D eigenvalue weighted by Gasteiger charge is -2.07. The molecule has 1 aromatic carbocycles. The molecule has 1 N–H and O–H groups in total. The molecule has 0 amide bonds. The fraction of sp³-hybridized carbons (Fsp3) is 0.222. The Morgan fingerprint density at radius 2 is 1.96 bits per heavy atom. The van der Waals surface area contributed by atoms with Crippen molar-refractivity contribution in [1.29, 1.82) is 0 Å². The van der Waals surface area contributed by atoms with E-state index >= 15 is 0 Å². The molecule has 4 rings (SSSR count). The SMILES string of the molecule is Cc1ccn([C@H](C)c2nnc(Nc3ccn(Cc4ccccc4Cl)n3)s2)n1. The molecule has 0 bridgehead atoms. The number of aromatic nitrogens is 6. The van der Waals surface area contributed by atoms with Gasteiger partial charge >= 0.3 is 0 Å². The van der Waals surface area contributed by atoms with Crippen LogP contribution in [0.4, 0.5) is 10.9 Å². The minimum atomic E-state index is 0.0320. The standard InChI is InChI=1S/C18H18ClN7S/c1-12-7-10-26(23-12)13(2)17-21-22-18(27-17)20-16-8-9-25(24-16)11-14-5-3-4-6-15(14)19/h3-10,13H,11H2,1-2H3,(H,20,22,24)/t13-/m1/s1. The molecule has 4 aromatic rings. The second kappa shape index (κ2) is 7.50. The first-order valence-corrected chi connectivity index (χ1v) is 9.67. The molecule has 1 atom stereocenters. The number of nitrogens with one attached hydrogen (secondary N) is 1. The highest BCUT2D eigenvalue weighted by molar-refractivity contribution is 7.15. The zero-order valence-electron chi connectivity index (χ0n) is 14.9. The summed E-state index contributed by atoms with van der Waals surface area (Å²) in [7, 11) is 0. The minimum Gasteiger partial charge on any atom is -0.313 e. The van der Waals surface area contributed by atoms with Gasteiger partial charge in [-0.05, 0) is 31.5 Å². The van der Waals surface area contributed by atoms with Gasteiger partial charge in [-0.3, -0.25) is 9.36 Å². The monoisotopic (exact) mass is 399 g/mol. The van der Waals surface area contributed by atoms with Crippen LogP contribution in [0.3, 0.4) is 0 Å². The van der Waals surface area contributed by atoms with Crippen LogP contribution in [0.15, 0.2) is 48.8 Å². The van der Waals surface area contributed by atoms with E-state index in [0.29, 0.717) is 17.5 Å². The highest BCUT2D eigenvalue weighted by Gasteiger charge is 2.15. The molecule has 9 heteroatoms. The minimum absolute atomic E-state index is 0.0320. The van der Waals surface area contributed by atoms with Gasteiger partial charge in [-0.2, -0.15) is 10.2 Å². The highest BCUT2D eigenvalue weighted by atomic mass is 35.5. The van der Waals surface area contributed by atoms with Gasteiger partial charge in [0.15, 0.2) is 5.82 Å². The van der Waals surface area contributed by atoms with Gasteiger partial charge in [-0.15, -0.1) is 10.2 Å². The molecule has 0 aliphatic rings. The van der Waals surface area contributed by atoms with Gasteiger partial charge in [-0.25, -0.2) is 0 Å². The predicted octanol–water partition coefficient (Wildman–Crippen LogP) is 4.29. The summed E-state index contributed by atoms with van der Waals surface area (Å²) in [5.41, 5.74) is 2.00. The van der Waals surface area contributed by atoms with Crippen LogP contribution in [0.1, 0.15) is 29.2 Å². The average molecular weight is 400 g/mol. The number of rotatable bonds is 6. The topological polar surface area (TPSA) is 73.5 Å². The lowest BCUT2D eigenvalue weighted by molar-refractivity contribution is 0.554. The zero-order chi connectivity index (χ0) is 18.8. The van der Waals surface area contributed by atoms with E-state index in [1.165, 1.54) is 11.3 Å². The van der Waals surface area contributed by atoms with Crippen LogP contribution in [0, 0.1) is 6.92 Å². The van der Waals surface area contributed by atoms with Crippen LogP contribution in [0.2, 0.25) is 5.02 Å². The quantitative estimate of drug-likeness (QED) is 0.523. The number of hydrogen-bond acceptors (Lipinski definition) is 6. The Labute approximate surface area is 165 Å².